The Morgan fingerprint density at radius 3 is 1.81 bits per heavy atom. The molecule has 2 aliphatic rings. The van der Waals surface area contributed by atoms with Crippen LogP contribution < -0.4 is 5.73 Å². The molecule has 0 unspecified atom stereocenters. The van der Waals surface area contributed by atoms with Gasteiger partial charge in [0.1, 0.15) is 33.5 Å². The smallest absolute Gasteiger partial charge is 0.182 e. The summed E-state index contributed by atoms with van der Waals surface area (Å²) in [5.74, 6) is 4.39. The highest BCUT2D eigenvalue weighted by molar-refractivity contribution is 9.10. The maximum atomic E-state index is 5.67. The van der Waals surface area contributed by atoms with Crippen molar-refractivity contribution in [3.05, 3.63) is 52.7 Å². The van der Waals surface area contributed by atoms with E-state index in [1.807, 2.05) is 30.3 Å². The summed E-state index contributed by atoms with van der Waals surface area (Å²) >= 11 is 3.38. The molecule has 0 bridgehead atoms. The number of nitrogen functional groups attached to an aromatic ring is 1. The quantitative estimate of drug-likeness (QED) is 0.423. The lowest BCUT2D eigenvalue weighted by atomic mass is 10.1. The zero-order valence-electron chi connectivity index (χ0n) is 17.7. The lowest BCUT2D eigenvalue weighted by molar-refractivity contribution is 0.525. The van der Waals surface area contributed by atoms with Crippen LogP contribution in [0.4, 0.5) is 5.82 Å². The number of halogens is 1. The molecule has 32 heavy (non-hydrogen) atoms. The van der Waals surface area contributed by atoms with Gasteiger partial charge in [-0.25, -0.2) is 9.97 Å². The summed E-state index contributed by atoms with van der Waals surface area (Å²) in [5.41, 5.74) is 7.36. The molecule has 0 radical (unpaired) electrons. The first-order valence-electron chi connectivity index (χ1n) is 10.9. The molecule has 2 N–H and O–H groups in total. The van der Waals surface area contributed by atoms with Crippen molar-refractivity contribution in [2.24, 2.45) is 0 Å². The molecular formula is C22H24BrN9. The second-order valence-electron chi connectivity index (χ2n) is 7.89. The minimum absolute atomic E-state index is 0.519. The maximum absolute atomic E-state index is 5.67. The molecule has 9 nitrogen and oxygen atoms in total. The highest BCUT2D eigenvalue weighted by Gasteiger charge is 2.18. The van der Waals surface area contributed by atoms with Crippen LogP contribution in [0.2, 0.25) is 0 Å². The number of nitrogens with two attached hydrogens (primary N) is 1. The predicted molar refractivity (Wildman–Crippen MR) is 124 cm³/mol. The number of rotatable bonds is 2. The van der Waals surface area contributed by atoms with Gasteiger partial charge in [0.2, 0.25) is 0 Å². The largest absolute Gasteiger partial charge is 0.384 e. The van der Waals surface area contributed by atoms with E-state index in [-0.39, 0.29) is 0 Å². The van der Waals surface area contributed by atoms with Gasteiger partial charge in [-0.3, -0.25) is 0 Å². The van der Waals surface area contributed by atoms with E-state index in [0.717, 1.165) is 65.2 Å². The van der Waals surface area contributed by atoms with Gasteiger partial charge >= 0.3 is 0 Å². The normalized spacial score (nSPS) is 14.8. The Balaban J connectivity index is 0.000000135. The number of aromatic nitrogens is 8. The fourth-order valence-electron chi connectivity index (χ4n) is 4.10. The zero-order valence-corrected chi connectivity index (χ0v) is 19.2. The van der Waals surface area contributed by atoms with E-state index in [4.69, 9.17) is 5.73 Å². The summed E-state index contributed by atoms with van der Waals surface area (Å²) in [6, 6.07) is 11.4. The Bertz CT molecular complexity index is 1130. The Morgan fingerprint density at radius 2 is 1.25 bits per heavy atom. The second kappa shape index (κ2) is 9.15. The van der Waals surface area contributed by atoms with E-state index >= 15 is 0 Å². The first-order valence-corrected chi connectivity index (χ1v) is 11.7. The highest BCUT2D eigenvalue weighted by atomic mass is 79.9. The third-order valence-corrected chi connectivity index (χ3v) is 6.10. The van der Waals surface area contributed by atoms with Crippen molar-refractivity contribution in [1.29, 1.82) is 0 Å². The van der Waals surface area contributed by atoms with Gasteiger partial charge < -0.3 is 14.9 Å². The van der Waals surface area contributed by atoms with Crippen LogP contribution in [0.5, 0.6) is 0 Å². The van der Waals surface area contributed by atoms with E-state index in [0.29, 0.717) is 5.82 Å². The van der Waals surface area contributed by atoms with Crippen LogP contribution in [0.3, 0.4) is 0 Å². The molecule has 164 valence electrons. The number of anilines is 1. The van der Waals surface area contributed by atoms with Crippen LogP contribution in [0.25, 0.3) is 23.0 Å². The summed E-state index contributed by atoms with van der Waals surface area (Å²) in [6.45, 7) is 1.99. The molecule has 0 saturated heterocycles. The third kappa shape index (κ3) is 4.27. The van der Waals surface area contributed by atoms with Crippen LogP contribution >= 0.6 is 15.9 Å². The Labute approximate surface area is 194 Å². The molecule has 0 saturated carbocycles. The van der Waals surface area contributed by atoms with Crippen molar-refractivity contribution >= 4 is 21.7 Å². The van der Waals surface area contributed by atoms with Gasteiger partial charge in [0.05, 0.1) is 0 Å². The van der Waals surface area contributed by atoms with Crippen LogP contribution in [0.15, 0.2) is 41.0 Å². The molecule has 6 rings (SSSR count). The molecular weight excluding hydrogens is 470 g/mol. The average molecular weight is 494 g/mol. The summed E-state index contributed by atoms with van der Waals surface area (Å²) in [7, 11) is 0. The Hall–Kier alpha value is -3.14. The van der Waals surface area contributed by atoms with Gasteiger partial charge in [-0.2, -0.15) is 0 Å². The first kappa shape index (κ1) is 20.7. The minimum Gasteiger partial charge on any atom is -0.384 e. The molecule has 4 aromatic rings. The standard InChI is InChI=1S/C11H11BrN4.C11H13N5/c2*12-9-5-3-4-8(13-9)11-15-14-10-6-1-2-7-16(10)11/h3-5H,1-2,6-7H2;3-5H,1-2,6-7H2,(H2,12,13). The van der Waals surface area contributed by atoms with Crippen molar-refractivity contribution in [2.75, 3.05) is 5.73 Å². The van der Waals surface area contributed by atoms with E-state index in [2.05, 4.69) is 55.4 Å². The third-order valence-electron chi connectivity index (χ3n) is 5.66. The van der Waals surface area contributed by atoms with Crippen molar-refractivity contribution in [3.63, 3.8) is 0 Å². The van der Waals surface area contributed by atoms with Gasteiger partial charge in [-0.1, -0.05) is 12.1 Å². The first-order chi connectivity index (χ1) is 15.7. The van der Waals surface area contributed by atoms with Gasteiger partial charge in [0, 0.05) is 25.9 Å². The van der Waals surface area contributed by atoms with Crippen molar-refractivity contribution in [2.45, 2.75) is 51.6 Å². The minimum atomic E-state index is 0.519. The fraction of sp³-hybridized carbons (Fsp3) is 0.364. The lowest BCUT2D eigenvalue weighted by Crippen LogP contribution is -2.11. The predicted octanol–water partition coefficient (Wildman–Crippen LogP) is 3.70. The molecule has 10 heteroatoms. The average Bonchev–Trinajstić information content (AvgIpc) is 3.44. The SMILES string of the molecule is Brc1cccc(-c2nnc3n2CCCC3)n1.Nc1cccc(-c2nnc3n2CCCC3)n1. The highest BCUT2D eigenvalue weighted by Crippen LogP contribution is 2.23. The number of aryl methyl sites for hydroxylation is 2. The van der Waals surface area contributed by atoms with Crippen LogP contribution in [0, 0.1) is 0 Å². The molecule has 0 spiro atoms. The van der Waals surface area contributed by atoms with E-state index in [1.54, 1.807) is 6.07 Å². The van der Waals surface area contributed by atoms with E-state index in [9.17, 15) is 0 Å². The number of hydrogen-bond acceptors (Lipinski definition) is 7. The topological polar surface area (TPSA) is 113 Å². The fourth-order valence-corrected chi connectivity index (χ4v) is 4.45. The molecule has 0 fully saturated rings. The van der Waals surface area contributed by atoms with Gasteiger partial charge in [0.25, 0.3) is 0 Å². The van der Waals surface area contributed by atoms with Crippen LogP contribution in [0.1, 0.15) is 37.3 Å². The monoisotopic (exact) mass is 493 g/mol. The summed E-state index contributed by atoms with van der Waals surface area (Å²) in [5, 5.41) is 16.9. The Kier molecular flexibility index (Phi) is 5.93. The molecule has 2 aliphatic heterocycles. The summed E-state index contributed by atoms with van der Waals surface area (Å²) < 4.78 is 5.15. The Morgan fingerprint density at radius 1 is 0.688 bits per heavy atom. The number of fused-ring (bicyclic) bond motifs is 2. The summed E-state index contributed by atoms with van der Waals surface area (Å²) in [6.07, 6.45) is 6.83. The number of pyridine rings is 2. The lowest BCUT2D eigenvalue weighted by Gasteiger charge is -2.14. The van der Waals surface area contributed by atoms with Gasteiger partial charge in [-0.15, -0.1) is 20.4 Å². The second-order valence-corrected chi connectivity index (χ2v) is 8.70. The van der Waals surface area contributed by atoms with Crippen LogP contribution in [-0.2, 0) is 25.9 Å². The molecule has 0 atom stereocenters. The van der Waals surface area contributed by atoms with Crippen LogP contribution in [-0.4, -0.2) is 39.5 Å². The van der Waals surface area contributed by atoms with E-state index in [1.165, 1.54) is 25.7 Å². The maximum Gasteiger partial charge on any atom is 0.182 e. The molecule has 0 aliphatic carbocycles. The summed E-state index contributed by atoms with van der Waals surface area (Å²) in [4.78, 5) is 8.70. The number of nitrogens with zero attached hydrogens (tertiary/aromatic N) is 8. The molecule has 4 aromatic heterocycles. The number of hydrogen-bond donors (Lipinski definition) is 1. The van der Waals surface area contributed by atoms with Crippen molar-refractivity contribution in [1.82, 2.24) is 39.5 Å². The molecule has 6 heterocycles. The molecule has 0 amide bonds. The zero-order chi connectivity index (χ0) is 21.9. The van der Waals surface area contributed by atoms with E-state index < -0.39 is 0 Å². The van der Waals surface area contributed by atoms with Crippen molar-refractivity contribution in [3.8, 4) is 23.0 Å². The van der Waals surface area contributed by atoms with Gasteiger partial charge in [0.15, 0.2) is 11.6 Å². The van der Waals surface area contributed by atoms with Crippen molar-refractivity contribution < 1.29 is 0 Å². The molecule has 0 aromatic carbocycles. The van der Waals surface area contributed by atoms with Gasteiger partial charge in [-0.05, 0) is 65.9 Å².